The fourth-order valence-electron chi connectivity index (χ4n) is 7.29. The van der Waals surface area contributed by atoms with Crippen LogP contribution in [0.15, 0.2) is 167 Å². The van der Waals surface area contributed by atoms with Crippen LogP contribution in [0.1, 0.15) is 11.7 Å². The Labute approximate surface area is 271 Å². The van der Waals surface area contributed by atoms with Crippen LogP contribution in [-0.2, 0) is 0 Å². The summed E-state index contributed by atoms with van der Waals surface area (Å²) in [4.78, 5) is 2.38. The highest BCUT2D eigenvalue weighted by molar-refractivity contribution is 6.22. The van der Waals surface area contributed by atoms with Crippen molar-refractivity contribution in [1.82, 2.24) is 0 Å². The summed E-state index contributed by atoms with van der Waals surface area (Å²) < 4.78 is 13.2. The zero-order valence-electron chi connectivity index (χ0n) is 25.4. The van der Waals surface area contributed by atoms with Crippen LogP contribution in [0.5, 0.6) is 0 Å². The quantitative estimate of drug-likeness (QED) is 0.217. The Balaban J connectivity index is 1.14. The van der Waals surface area contributed by atoms with Crippen LogP contribution in [0.25, 0.3) is 66.1 Å². The Morgan fingerprint density at radius 3 is 1.77 bits per heavy atom. The van der Waals surface area contributed by atoms with Gasteiger partial charge in [-0.3, -0.25) is 0 Å². The molecule has 9 aromatic rings. The summed E-state index contributed by atoms with van der Waals surface area (Å²) in [5.41, 5.74) is 12.3. The van der Waals surface area contributed by atoms with Crippen molar-refractivity contribution in [2.24, 2.45) is 0 Å². The average Bonchev–Trinajstić information content (AvgIpc) is 3.82. The SMILES string of the molecule is c1ccc(C2Nc3cc(-c4cccc(-c5c6oc7ccccc7c6cc6c5oc5ccccc56)c4)ccc3N2c2ccccc2)cc1. The zero-order chi connectivity index (χ0) is 30.9. The molecule has 1 unspecified atom stereocenters. The standard InChI is InChI=1S/C43H28N2O2/c1-3-12-27(13-4-1)43-44-36-25-29(22-23-37(36)45(43)31-16-5-2-6-17-31)28-14-11-15-30(24-28)40-41-34(32-18-7-9-20-38(32)46-41)26-35-33-19-8-10-21-39(33)47-42(35)40/h1-26,43-44H. The maximum Gasteiger partial charge on any atom is 0.147 e. The lowest BCUT2D eigenvalue weighted by atomic mass is 9.95. The highest BCUT2D eigenvalue weighted by Gasteiger charge is 2.31. The first kappa shape index (κ1) is 26.0. The number of hydrogen-bond donors (Lipinski definition) is 1. The van der Waals surface area contributed by atoms with Crippen LogP contribution < -0.4 is 10.2 Å². The van der Waals surface area contributed by atoms with Crippen LogP contribution in [-0.4, -0.2) is 0 Å². The molecule has 1 atom stereocenters. The molecule has 0 saturated carbocycles. The van der Waals surface area contributed by atoms with Gasteiger partial charge in [-0.25, -0.2) is 0 Å². The molecule has 0 aliphatic carbocycles. The number of nitrogens with one attached hydrogen (secondary N) is 1. The third kappa shape index (κ3) is 4.01. The summed E-state index contributed by atoms with van der Waals surface area (Å²) in [6.07, 6.45) is -0.0118. The minimum atomic E-state index is -0.0118. The molecule has 4 nitrogen and oxygen atoms in total. The van der Waals surface area contributed by atoms with Gasteiger partial charge in [0.2, 0.25) is 0 Å². The van der Waals surface area contributed by atoms with E-state index in [4.69, 9.17) is 8.83 Å². The number of fused-ring (bicyclic) bond motifs is 7. The Morgan fingerprint density at radius 2 is 1.06 bits per heavy atom. The number of hydrogen-bond acceptors (Lipinski definition) is 4. The summed E-state index contributed by atoms with van der Waals surface area (Å²) in [6.45, 7) is 0. The smallest absolute Gasteiger partial charge is 0.147 e. The number of anilines is 3. The Morgan fingerprint density at radius 1 is 0.468 bits per heavy atom. The Bertz CT molecular complexity index is 2530. The van der Waals surface area contributed by atoms with Crippen LogP contribution in [0.2, 0.25) is 0 Å². The fourth-order valence-corrected chi connectivity index (χ4v) is 7.29. The summed E-state index contributed by atoms with van der Waals surface area (Å²) in [5, 5.41) is 8.22. The number of benzene rings is 7. The van der Waals surface area contributed by atoms with E-state index in [2.05, 4.69) is 144 Å². The summed E-state index contributed by atoms with van der Waals surface area (Å²) in [5.74, 6) is 0. The van der Waals surface area contributed by atoms with Gasteiger partial charge in [-0.2, -0.15) is 0 Å². The van der Waals surface area contributed by atoms with Crippen LogP contribution >= 0.6 is 0 Å². The van der Waals surface area contributed by atoms with Crippen molar-refractivity contribution in [3.05, 3.63) is 163 Å². The monoisotopic (exact) mass is 604 g/mol. The minimum absolute atomic E-state index is 0.0118. The van der Waals surface area contributed by atoms with E-state index in [1.54, 1.807) is 0 Å². The first-order chi connectivity index (χ1) is 23.3. The molecule has 1 aliphatic heterocycles. The second-order valence-electron chi connectivity index (χ2n) is 12.2. The average molecular weight is 605 g/mol. The molecule has 0 bridgehead atoms. The van der Waals surface area contributed by atoms with E-state index in [0.717, 1.165) is 83.2 Å². The van der Waals surface area contributed by atoms with Gasteiger partial charge in [-0.15, -0.1) is 0 Å². The highest BCUT2D eigenvalue weighted by atomic mass is 16.3. The molecule has 0 radical (unpaired) electrons. The molecule has 4 heteroatoms. The zero-order valence-corrected chi connectivity index (χ0v) is 25.4. The van der Waals surface area contributed by atoms with Crippen molar-refractivity contribution in [2.45, 2.75) is 6.17 Å². The number of nitrogens with zero attached hydrogens (tertiary/aromatic N) is 1. The van der Waals surface area contributed by atoms with Crippen molar-refractivity contribution in [2.75, 3.05) is 10.2 Å². The van der Waals surface area contributed by atoms with Crippen LogP contribution in [0.4, 0.5) is 17.1 Å². The summed E-state index contributed by atoms with van der Waals surface area (Å²) in [7, 11) is 0. The maximum atomic E-state index is 6.58. The first-order valence-electron chi connectivity index (χ1n) is 16.0. The Hall–Kier alpha value is -6.26. The first-order valence-corrected chi connectivity index (χ1v) is 16.0. The lowest BCUT2D eigenvalue weighted by Gasteiger charge is -2.27. The number of rotatable bonds is 4. The van der Waals surface area contributed by atoms with Gasteiger partial charge in [0.1, 0.15) is 28.5 Å². The van der Waals surface area contributed by atoms with Crippen molar-refractivity contribution in [1.29, 1.82) is 0 Å². The molecular weight excluding hydrogens is 576 g/mol. The van der Waals surface area contributed by atoms with Gasteiger partial charge in [-0.05, 0) is 70.8 Å². The van der Waals surface area contributed by atoms with E-state index in [1.807, 2.05) is 24.3 Å². The second-order valence-corrected chi connectivity index (χ2v) is 12.2. The van der Waals surface area contributed by atoms with E-state index < -0.39 is 0 Å². The lowest BCUT2D eigenvalue weighted by molar-refractivity contribution is 0.658. The van der Waals surface area contributed by atoms with Gasteiger partial charge in [0, 0.05) is 27.2 Å². The maximum absolute atomic E-state index is 6.58. The molecule has 1 N–H and O–H groups in total. The summed E-state index contributed by atoms with van der Waals surface area (Å²) >= 11 is 0. The highest BCUT2D eigenvalue weighted by Crippen LogP contribution is 2.48. The van der Waals surface area contributed by atoms with Gasteiger partial charge in [0.25, 0.3) is 0 Å². The number of furan rings is 2. The summed E-state index contributed by atoms with van der Waals surface area (Å²) in [6, 6.07) is 55.4. The van der Waals surface area contributed by atoms with E-state index in [1.165, 1.54) is 5.56 Å². The van der Waals surface area contributed by atoms with Gasteiger partial charge in [-0.1, -0.05) is 109 Å². The molecular formula is C43H28N2O2. The molecule has 7 aromatic carbocycles. The van der Waals surface area contributed by atoms with Gasteiger partial charge in [0.15, 0.2) is 0 Å². The minimum Gasteiger partial charge on any atom is -0.455 e. The van der Waals surface area contributed by atoms with E-state index in [0.29, 0.717) is 0 Å². The normalized spacial score (nSPS) is 14.3. The molecule has 0 spiro atoms. The van der Waals surface area contributed by atoms with E-state index in [-0.39, 0.29) is 6.17 Å². The molecule has 0 fully saturated rings. The van der Waals surface area contributed by atoms with E-state index in [9.17, 15) is 0 Å². The van der Waals surface area contributed by atoms with E-state index >= 15 is 0 Å². The molecule has 10 rings (SSSR count). The van der Waals surface area contributed by atoms with Crippen molar-refractivity contribution in [3.63, 3.8) is 0 Å². The van der Waals surface area contributed by atoms with Crippen LogP contribution in [0.3, 0.4) is 0 Å². The fraction of sp³-hybridized carbons (Fsp3) is 0.0233. The third-order valence-electron chi connectivity index (χ3n) is 9.45. The third-order valence-corrected chi connectivity index (χ3v) is 9.45. The Kier molecular flexibility index (Phi) is 5.60. The topological polar surface area (TPSA) is 41.6 Å². The number of para-hydroxylation sites is 3. The largest absolute Gasteiger partial charge is 0.455 e. The molecule has 1 aliphatic rings. The van der Waals surface area contributed by atoms with Gasteiger partial charge in [0.05, 0.1) is 16.9 Å². The van der Waals surface area contributed by atoms with Crippen molar-refractivity contribution >= 4 is 60.9 Å². The molecule has 0 saturated heterocycles. The molecule has 2 aromatic heterocycles. The van der Waals surface area contributed by atoms with Gasteiger partial charge >= 0.3 is 0 Å². The second kappa shape index (κ2) is 10.1. The lowest BCUT2D eigenvalue weighted by Crippen LogP contribution is -2.23. The predicted molar refractivity (Wildman–Crippen MR) is 193 cm³/mol. The van der Waals surface area contributed by atoms with Gasteiger partial charge < -0.3 is 19.1 Å². The molecule has 3 heterocycles. The predicted octanol–water partition coefficient (Wildman–Crippen LogP) is 12.1. The van der Waals surface area contributed by atoms with Crippen LogP contribution in [0, 0.1) is 0 Å². The molecule has 47 heavy (non-hydrogen) atoms. The molecule has 222 valence electrons. The molecule has 0 amide bonds. The van der Waals surface area contributed by atoms with Crippen molar-refractivity contribution in [3.8, 4) is 22.3 Å². The van der Waals surface area contributed by atoms with Crippen molar-refractivity contribution < 1.29 is 8.83 Å².